The number of nitrogen functional groups attached to an aromatic ring is 1. The molecular weight excluding hydrogens is 446 g/mol. The average molecular weight is 484 g/mol. The standard InChI is InChI=1S/C25H35N3O.C2H2O4/c26-25-27(19-13-6-4-2-1-3-5-7-14-20-29)23-17-11-12-18-24(23)28(25)21-22-15-9-8-10-16-22;3-1(4)2(5)6/h8-12,15-18,26,29H,1-7,13-14,19-21H2;(H,3,4)(H,5,6). The Morgan fingerprint density at radius 1 is 0.829 bits per heavy atom. The Labute approximate surface area is 206 Å². The molecule has 2 aromatic carbocycles. The number of carboxylic acids is 2. The molecular formula is C27H37N3O5. The van der Waals surface area contributed by atoms with E-state index in [1.54, 1.807) is 0 Å². The van der Waals surface area contributed by atoms with Crippen molar-refractivity contribution in [2.45, 2.75) is 70.9 Å². The lowest BCUT2D eigenvalue weighted by atomic mass is 10.1. The Balaban J connectivity index is 0.000000641. The van der Waals surface area contributed by atoms with E-state index in [1.807, 2.05) is 0 Å². The number of benzene rings is 2. The van der Waals surface area contributed by atoms with Crippen LogP contribution in [0.4, 0.5) is 5.95 Å². The summed E-state index contributed by atoms with van der Waals surface area (Å²) in [5.41, 5.74) is 10.3. The van der Waals surface area contributed by atoms with Crippen molar-refractivity contribution in [1.82, 2.24) is 4.57 Å². The van der Waals surface area contributed by atoms with E-state index >= 15 is 0 Å². The number of anilines is 1. The highest BCUT2D eigenvalue weighted by Gasteiger charge is 2.20. The summed E-state index contributed by atoms with van der Waals surface area (Å²) < 4.78 is 4.52. The lowest BCUT2D eigenvalue weighted by Crippen LogP contribution is -2.37. The molecule has 35 heavy (non-hydrogen) atoms. The van der Waals surface area contributed by atoms with Gasteiger partial charge < -0.3 is 20.1 Å². The van der Waals surface area contributed by atoms with Crippen molar-refractivity contribution in [2.75, 3.05) is 12.3 Å². The Bertz CT molecular complexity index is 1040. The van der Waals surface area contributed by atoms with Crippen LogP contribution >= 0.6 is 0 Å². The van der Waals surface area contributed by atoms with E-state index in [-0.39, 0.29) is 0 Å². The van der Waals surface area contributed by atoms with E-state index in [0.29, 0.717) is 6.61 Å². The Morgan fingerprint density at radius 3 is 1.91 bits per heavy atom. The van der Waals surface area contributed by atoms with E-state index in [0.717, 1.165) is 25.5 Å². The third-order valence-electron chi connectivity index (χ3n) is 5.91. The number of fused-ring (bicyclic) bond motifs is 1. The maximum atomic E-state index is 9.04. The van der Waals surface area contributed by atoms with Gasteiger partial charge in [-0.1, -0.05) is 87.4 Å². The van der Waals surface area contributed by atoms with Crippen LogP contribution in [0.25, 0.3) is 11.0 Å². The average Bonchev–Trinajstić information content (AvgIpc) is 3.12. The number of hydrogen-bond donors (Lipinski definition) is 3. The number of hydrogen-bond acceptors (Lipinski definition) is 5. The van der Waals surface area contributed by atoms with Gasteiger partial charge in [-0.25, -0.2) is 13.9 Å². The first-order valence-electron chi connectivity index (χ1n) is 12.3. The molecule has 0 saturated carbocycles. The minimum Gasteiger partial charge on any atom is -0.539 e. The highest BCUT2D eigenvalue weighted by molar-refractivity contribution is 6.26. The number of unbranched alkanes of at least 4 members (excludes halogenated alkanes) is 8. The summed E-state index contributed by atoms with van der Waals surface area (Å²) in [5, 5.41) is 25.1. The number of carbonyl (C=O) groups is 2. The van der Waals surface area contributed by atoms with Crippen LogP contribution in [-0.4, -0.2) is 33.3 Å². The number of aliphatic hydroxyl groups is 1. The van der Waals surface area contributed by atoms with Crippen LogP contribution in [0.15, 0.2) is 54.6 Å². The first kappa shape index (κ1) is 27.9. The normalized spacial score (nSPS) is 10.7. The molecule has 0 fully saturated rings. The van der Waals surface area contributed by atoms with Gasteiger partial charge in [0.15, 0.2) is 5.97 Å². The maximum Gasteiger partial charge on any atom is 0.356 e. The lowest BCUT2D eigenvalue weighted by Gasteiger charge is -2.04. The Hall–Kier alpha value is -3.39. The quantitative estimate of drug-likeness (QED) is 0.195. The first-order valence-corrected chi connectivity index (χ1v) is 12.3. The predicted octanol–water partition coefficient (Wildman–Crippen LogP) is 2.88. The Kier molecular flexibility index (Phi) is 12.3. The minimum atomic E-state index is -2.07. The summed E-state index contributed by atoms with van der Waals surface area (Å²) in [4.78, 5) is 18.0. The van der Waals surface area contributed by atoms with Crippen LogP contribution in [0.1, 0.15) is 63.4 Å². The molecule has 0 atom stereocenters. The number of aryl methyl sites for hydroxylation is 1. The minimum absolute atomic E-state index is 0.336. The van der Waals surface area contributed by atoms with Gasteiger partial charge >= 0.3 is 11.9 Å². The Morgan fingerprint density at radius 2 is 1.34 bits per heavy atom. The molecule has 1 aromatic heterocycles. The van der Waals surface area contributed by atoms with Gasteiger partial charge in [0.05, 0.1) is 13.1 Å². The second kappa shape index (κ2) is 15.5. The van der Waals surface area contributed by atoms with E-state index in [9.17, 15) is 0 Å². The summed E-state index contributed by atoms with van der Waals surface area (Å²) in [6, 6.07) is 19.1. The fourth-order valence-corrected chi connectivity index (χ4v) is 4.10. The molecule has 3 rings (SSSR count). The van der Waals surface area contributed by atoms with Gasteiger partial charge in [0, 0.05) is 6.61 Å². The van der Waals surface area contributed by atoms with Gasteiger partial charge in [-0.15, -0.1) is 0 Å². The number of nitrogens with two attached hydrogens (primary N) is 1. The van der Waals surface area contributed by atoms with Crippen LogP contribution in [0.5, 0.6) is 0 Å². The second-order valence-corrected chi connectivity index (χ2v) is 8.57. The zero-order chi connectivity index (χ0) is 25.5. The highest BCUT2D eigenvalue weighted by Crippen LogP contribution is 2.18. The van der Waals surface area contributed by atoms with Crippen LogP contribution in [-0.2, 0) is 22.7 Å². The summed E-state index contributed by atoms with van der Waals surface area (Å²) in [7, 11) is 0. The molecule has 0 spiro atoms. The number of aromatic nitrogens is 2. The largest absolute Gasteiger partial charge is 0.539 e. The number of carboxylic acid groups (broad SMARTS) is 2. The third kappa shape index (κ3) is 9.41. The van der Waals surface area contributed by atoms with Crippen LogP contribution < -0.4 is 15.4 Å². The van der Waals surface area contributed by atoms with Crippen molar-refractivity contribution in [1.29, 1.82) is 0 Å². The van der Waals surface area contributed by atoms with Crippen molar-refractivity contribution < 1.29 is 29.5 Å². The van der Waals surface area contributed by atoms with Crippen molar-refractivity contribution in [3.8, 4) is 0 Å². The summed E-state index contributed by atoms with van der Waals surface area (Å²) >= 11 is 0. The molecule has 0 bridgehead atoms. The molecule has 1 heterocycles. The molecule has 0 unspecified atom stereocenters. The van der Waals surface area contributed by atoms with Gasteiger partial charge in [0.25, 0.3) is 0 Å². The smallest absolute Gasteiger partial charge is 0.356 e. The molecule has 0 amide bonds. The van der Waals surface area contributed by atoms with E-state index in [1.165, 1.54) is 68.0 Å². The topological polar surface area (TPSA) is 132 Å². The van der Waals surface area contributed by atoms with E-state index in [4.69, 9.17) is 30.6 Å². The summed E-state index contributed by atoms with van der Waals surface area (Å²) in [6.07, 6.45) is 11.0. The number of carbonyl (C=O) groups excluding carboxylic acids is 1. The molecule has 3 aromatic rings. The fourth-order valence-electron chi connectivity index (χ4n) is 4.10. The maximum absolute atomic E-state index is 9.04. The van der Waals surface area contributed by atoms with Gasteiger partial charge in [-0.3, -0.25) is 5.73 Å². The SMILES string of the molecule is Nc1n(CCCCCCCCCCCO)c2ccccc2[n+]1Cc1ccccc1.O=C([O-])C(=O)O. The number of nitrogens with zero attached hydrogens (tertiary/aromatic N) is 2. The van der Waals surface area contributed by atoms with Crippen LogP contribution in [0.2, 0.25) is 0 Å². The number of rotatable bonds is 13. The molecule has 4 N–H and O–H groups in total. The van der Waals surface area contributed by atoms with E-state index < -0.39 is 11.9 Å². The van der Waals surface area contributed by atoms with Gasteiger partial charge in [-0.2, -0.15) is 0 Å². The number of aliphatic hydroxyl groups excluding tert-OH is 1. The second-order valence-electron chi connectivity index (χ2n) is 8.57. The molecule has 0 aliphatic heterocycles. The number of imidazole rings is 1. The highest BCUT2D eigenvalue weighted by atomic mass is 16.4. The summed E-state index contributed by atoms with van der Waals surface area (Å²) in [6.45, 7) is 2.11. The predicted molar refractivity (Wildman–Crippen MR) is 133 cm³/mol. The van der Waals surface area contributed by atoms with Crippen molar-refractivity contribution in [2.24, 2.45) is 0 Å². The molecule has 0 aliphatic rings. The molecule has 8 heteroatoms. The number of para-hydroxylation sites is 2. The number of aliphatic carboxylic acids is 2. The lowest BCUT2D eigenvalue weighted by molar-refractivity contribution is -0.648. The third-order valence-corrected chi connectivity index (χ3v) is 5.91. The molecule has 0 aliphatic carbocycles. The van der Waals surface area contributed by atoms with Crippen molar-refractivity contribution in [3.63, 3.8) is 0 Å². The molecule has 0 radical (unpaired) electrons. The van der Waals surface area contributed by atoms with Gasteiger partial charge in [0.1, 0.15) is 11.0 Å². The fraction of sp³-hybridized carbons (Fsp3) is 0.444. The molecule has 190 valence electrons. The van der Waals surface area contributed by atoms with E-state index in [2.05, 4.69) is 63.7 Å². The zero-order valence-electron chi connectivity index (χ0n) is 20.3. The molecule has 0 saturated heterocycles. The first-order chi connectivity index (χ1) is 17.0. The summed E-state index contributed by atoms with van der Waals surface area (Å²) in [5.74, 6) is -3.16. The van der Waals surface area contributed by atoms with Crippen LogP contribution in [0, 0.1) is 0 Å². The van der Waals surface area contributed by atoms with Crippen LogP contribution in [0.3, 0.4) is 0 Å². The van der Waals surface area contributed by atoms with Crippen molar-refractivity contribution in [3.05, 3.63) is 60.2 Å². The van der Waals surface area contributed by atoms with Crippen molar-refractivity contribution >= 4 is 28.9 Å². The molecule has 8 nitrogen and oxygen atoms in total. The zero-order valence-corrected chi connectivity index (χ0v) is 20.3. The van der Waals surface area contributed by atoms with Gasteiger partial charge in [-0.05, 0) is 30.5 Å². The van der Waals surface area contributed by atoms with Gasteiger partial charge in [0.2, 0.25) is 0 Å². The monoisotopic (exact) mass is 483 g/mol.